The molecule has 2 atom stereocenters. The van der Waals surface area contributed by atoms with Crippen LogP contribution in [0.2, 0.25) is 0 Å². The van der Waals surface area contributed by atoms with Crippen molar-refractivity contribution in [3.05, 3.63) is 0 Å². The first kappa shape index (κ1) is 21.9. The smallest absolute Gasteiger partial charge is 0.267 e. The van der Waals surface area contributed by atoms with Crippen LogP contribution < -0.4 is 0 Å². The van der Waals surface area contributed by atoms with Crippen molar-refractivity contribution in [3.63, 3.8) is 0 Å². The molecule has 0 aliphatic rings. The molecule has 0 spiro atoms. The molecule has 0 heterocycles. The summed E-state index contributed by atoms with van der Waals surface area (Å²) in [5.41, 5.74) is 0. The molecule has 5 heteroatoms. The largest absolute Gasteiger partial charge is 0.393 e. The summed E-state index contributed by atoms with van der Waals surface area (Å²) in [5, 5.41) is 9.24. The zero-order valence-corrected chi connectivity index (χ0v) is 15.3. The average molecular weight is 337 g/mol. The van der Waals surface area contributed by atoms with Gasteiger partial charge in [0.15, 0.2) is 0 Å². The summed E-state index contributed by atoms with van der Waals surface area (Å²) < 4.78 is 31.8. The number of aliphatic hydroxyl groups is 1. The number of rotatable bonds is 15. The minimum Gasteiger partial charge on any atom is -0.393 e. The molecule has 0 fully saturated rings. The molecule has 0 aromatic heterocycles. The minimum absolute atomic E-state index is 0.358. The summed E-state index contributed by atoms with van der Waals surface area (Å²) in [6, 6.07) is 0. The van der Waals surface area contributed by atoms with Gasteiger partial charge in [-0.3, -0.25) is 4.55 Å². The van der Waals surface area contributed by atoms with Crippen LogP contribution in [-0.4, -0.2) is 29.4 Å². The molecule has 0 aromatic rings. The first-order valence-corrected chi connectivity index (χ1v) is 10.6. The molecule has 2 N–H and O–H groups in total. The van der Waals surface area contributed by atoms with E-state index >= 15 is 0 Å². The van der Waals surface area contributed by atoms with Gasteiger partial charge in [-0.25, -0.2) is 0 Å². The Morgan fingerprint density at radius 3 is 1.82 bits per heavy atom. The molecule has 0 bridgehead atoms. The van der Waals surface area contributed by atoms with E-state index in [1.54, 1.807) is 0 Å². The molecule has 134 valence electrons. The molecule has 0 aromatic carbocycles. The summed E-state index contributed by atoms with van der Waals surface area (Å²) in [6.45, 7) is 4.20. The number of hydrogen-bond acceptors (Lipinski definition) is 3. The van der Waals surface area contributed by atoms with Gasteiger partial charge in [0, 0.05) is 0 Å². The highest BCUT2D eigenvalue weighted by atomic mass is 32.2. The van der Waals surface area contributed by atoms with Gasteiger partial charge in [0.2, 0.25) is 0 Å². The van der Waals surface area contributed by atoms with Crippen molar-refractivity contribution in [2.45, 2.75) is 109 Å². The summed E-state index contributed by atoms with van der Waals surface area (Å²) in [6.07, 6.45) is 11.8. The molecule has 0 rings (SSSR count). The van der Waals surface area contributed by atoms with E-state index < -0.39 is 21.5 Å². The van der Waals surface area contributed by atoms with Crippen LogP contribution in [0.4, 0.5) is 0 Å². The van der Waals surface area contributed by atoms with Crippen molar-refractivity contribution in [3.8, 4) is 0 Å². The highest BCUT2D eigenvalue weighted by Crippen LogP contribution is 2.18. The topological polar surface area (TPSA) is 74.6 Å². The van der Waals surface area contributed by atoms with Crippen LogP contribution in [0.5, 0.6) is 0 Å². The molecule has 0 aliphatic carbocycles. The van der Waals surface area contributed by atoms with Crippen molar-refractivity contribution in [2.24, 2.45) is 0 Å². The van der Waals surface area contributed by atoms with Gasteiger partial charge in [0.25, 0.3) is 10.1 Å². The van der Waals surface area contributed by atoms with Gasteiger partial charge in [-0.1, -0.05) is 71.6 Å². The van der Waals surface area contributed by atoms with E-state index in [-0.39, 0.29) is 0 Å². The lowest BCUT2D eigenvalue weighted by molar-refractivity contribution is 0.147. The van der Waals surface area contributed by atoms with Gasteiger partial charge in [-0.2, -0.15) is 8.42 Å². The van der Waals surface area contributed by atoms with Crippen LogP contribution in [0.15, 0.2) is 0 Å². The van der Waals surface area contributed by atoms with Crippen molar-refractivity contribution >= 4 is 10.1 Å². The molecule has 0 radical (unpaired) electrons. The third-order valence-electron chi connectivity index (χ3n) is 4.26. The van der Waals surface area contributed by atoms with Gasteiger partial charge in [-0.05, 0) is 25.7 Å². The van der Waals surface area contributed by atoms with Gasteiger partial charge in [0.1, 0.15) is 0 Å². The van der Waals surface area contributed by atoms with E-state index in [1.807, 2.05) is 6.92 Å². The molecule has 0 aliphatic heterocycles. The fraction of sp³-hybridized carbons (Fsp3) is 1.00. The van der Waals surface area contributed by atoms with Crippen LogP contribution in [0.25, 0.3) is 0 Å². The van der Waals surface area contributed by atoms with E-state index in [1.165, 1.54) is 32.1 Å². The maximum Gasteiger partial charge on any atom is 0.267 e. The summed E-state index contributed by atoms with van der Waals surface area (Å²) in [5.74, 6) is 0. The van der Waals surface area contributed by atoms with Crippen LogP contribution in [0.1, 0.15) is 97.3 Å². The van der Waals surface area contributed by atoms with Gasteiger partial charge >= 0.3 is 0 Å². The predicted octanol–water partition coefficient (Wildman–Crippen LogP) is 4.71. The molecular formula is C17H36O4S. The molecule has 0 saturated carbocycles. The zero-order valence-electron chi connectivity index (χ0n) is 14.5. The third-order valence-corrected chi connectivity index (χ3v) is 5.58. The van der Waals surface area contributed by atoms with E-state index in [9.17, 15) is 18.1 Å². The molecule has 2 unspecified atom stereocenters. The van der Waals surface area contributed by atoms with E-state index in [4.69, 9.17) is 0 Å². The van der Waals surface area contributed by atoms with E-state index in [0.29, 0.717) is 19.3 Å². The second-order valence-corrected chi connectivity index (χ2v) is 8.12. The quantitative estimate of drug-likeness (QED) is 0.335. The van der Waals surface area contributed by atoms with Crippen LogP contribution in [0.3, 0.4) is 0 Å². The standard InChI is InChI=1S/C17H36O4S/c1-3-5-7-8-9-10-11-12-16(18)14-15-17(13-6-4-2)22(19,20)21/h16-18H,3-15H2,1-2H3,(H,19,20,21). The maximum absolute atomic E-state index is 11.3. The van der Waals surface area contributed by atoms with Gasteiger partial charge in [-0.15, -0.1) is 0 Å². The SMILES string of the molecule is CCCCCCCCCC(O)CCC(CCCC)S(=O)(=O)O. The number of aliphatic hydroxyl groups excluding tert-OH is 1. The number of hydrogen-bond donors (Lipinski definition) is 2. The second kappa shape index (κ2) is 13.3. The Morgan fingerprint density at radius 2 is 1.27 bits per heavy atom. The highest BCUT2D eigenvalue weighted by molar-refractivity contribution is 7.86. The second-order valence-electron chi connectivity index (χ2n) is 6.42. The Hall–Kier alpha value is -0.130. The normalized spacial score (nSPS) is 14.9. The number of unbranched alkanes of at least 4 members (excludes halogenated alkanes) is 7. The Labute approximate surface area is 137 Å². The monoisotopic (exact) mass is 336 g/mol. The van der Waals surface area contributed by atoms with Gasteiger partial charge < -0.3 is 5.11 Å². The maximum atomic E-state index is 11.3. The average Bonchev–Trinajstić information content (AvgIpc) is 2.45. The fourth-order valence-electron chi connectivity index (χ4n) is 2.73. The lowest BCUT2D eigenvalue weighted by Gasteiger charge is -2.16. The zero-order chi connectivity index (χ0) is 16.8. The van der Waals surface area contributed by atoms with Crippen LogP contribution in [-0.2, 0) is 10.1 Å². The molecule has 4 nitrogen and oxygen atoms in total. The third kappa shape index (κ3) is 12.4. The highest BCUT2D eigenvalue weighted by Gasteiger charge is 2.23. The van der Waals surface area contributed by atoms with Crippen molar-refractivity contribution in [1.82, 2.24) is 0 Å². The van der Waals surface area contributed by atoms with Gasteiger partial charge in [0.05, 0.1) is 11.4 Å². The van der Waals surface area contributed by atoms with E-state index in [2.05, 4.69) is 6.92 Å². The van der Waals surface area contributed by atoms with Crippen molar-refractivity contribution in [1.29, 1.82) is 0 Å². The Bertz CT molecular complexity index is 341. The lowest BCUT2D eigenvalue weighted by atomic mass is 10.0. The minimum atomic E-state index is -3.98. The molecular weight excluding hydrogens is 300 g/mol. The Morgan fingerprint density at radius 1 is 0.727 bits per heavy atom. The van der Waals surface area contributed by atoms with Crippen LogP contribution in [0, 0.1) is 0 Å². The first-order valence-electron chi connectivity index (χ1n) is 9.06. The summed E-state index contributed by atoms with van der Waals surface area (Å²) >= 11 is 0. The predicted molar refractivity (Wildman–Crippen MR) is 92.7 cm³/mol. The molecule has 22 heavy (non-hydrogen) atoms. The Kier molecular flexibility index (Phi) is 13.2. The van der Waals surface area contributed by atoms with Crippen molar-refractivity contribution in [2.75, 3.05) is 0 Å². The molecule has 0 amide bonds. The fourth-order valence-corrected chi connectivity index (χ4v) is 3.63. The Balaban J connectivity index is 3.78. The van der Waals surface area contributed by atoms with E-state index in [0.717, 1.165) is 32.1 Å². The summed E-state index contributed by atoms with van der Waals surface area (Å²) in [7, 11) is -3.98. The van der Waals surface area contributed by atoms with Crippen LogP contribution >= 0.6 is 0 Å². The van der Waals surface area contributed by atoms with Crippen molar-refractivity contribution < 1.29 is 18.1 Å². The molecule has 0 saturated heterocycles. The lowest BCUT2D eigenvalue weighted by Crippen LogP contribution is -2.22. The first-order chi connectivity index (χ1) is 10.4. The summed E-state index contributed by atoms with van der Waals surface area (Å²) in [4.78, 5) is 0.